The lowest BCUT2D eigenvalue weighted by atomic mass is 9.65. The minimum atomic E-state index is -3.95. The molecule has 178 valence electrons. The molecule has 0 aliphatic heterocycles. The van der Waals surface area contributed by atoms with Gasteiger partial charge in [0.15, 0.2) is 0 Å². The van der Waals surface area contributed by atoms with Gasteiger partial charge in [0.05, 0.1) is 10.3 Å². The summed E-state index contributed by atoms with van der Waals surface area (Å²) < 4.78 is 31.1. The Hall–Kier alpha value is -3.64. The van der Waals surface area contributed by atoms with Crippen LogP contribution in [0.4, 0.5) is 0 Å². The molecule has 5 aromatic carbocycles. The van der Waals surface area contributed by atoms with E-state index in [2.05, 4.69) is 36.4 Å². The highest BCUT2D eigenvalue weighted by Gasteiger charge is 2.38. The van der Waals surface area contributed by atoms with E-state index in [0.29, 0.717) is 4.90 Å². The first-order valence-electron chi connectivity index (χ1n) is 11.5. The third-order valence-corrected chi connectivity index (χ3v) is 8.46. The van der Waals surface area contributed by atoms with Crippen molar-refractivity contribution < 1.29 is 12.0 Å². The molecule has 0 aliphatic rings. The van der Waals surface area contributed by atoms with E-state index < -0.39 is 15.5 Å². The van der Waals surface area contributed by atoms with Crippen LogP contribution in [0.25, 0.3) is 0 Å². The molecule has 5 heteroatoms. The maximum absolute atomic E-state index is 12.9. The van der Waals surface area contributed by atoms with Crippen molar-refractivity contribution in [2.24, 2.45) is 0 Å². The highest BCUT2D eigenvalue weighted by Crippen LogP contribution is 2.45. The van der Waals surface area contributed by atoms with Crippen molar-refractivity contribution in [3.8, 4) is 0 Å². The van der Waals surface area contributed by atoms with Crippen molar-refractivity contribution in [3.05, 3.63) is 168 Å². The second-order valence-electron chi connectivity index (χ2n) is 8.29. The van der Waals surface area contributed by atoms with Gasteiger partial charge in [0.25, 0.3) is 0 Å². The molecule has 0 atom stereocenters. The Bertz CT molecular complexity index is 1410. The van der Waals surface area contributed by atoms with Gasteiger partial charge >= 0.3 is 10.1 Å². The van der Waals surface area contributed by atoms with Crippen LogP contribution in [0, 0.1) is 0 Å². The van der Waals surface area contributed by atoms with Crippen LogP contribution >= 0.6 is 12.0 Å². The van der Waals surface area contributed by atoms with Crippen LogP contribution < -0.4 is 0 Å². The monoisotopic (exact) mass is 508 g/mol. The van der Waals surface area contributed by atoms with E-state index in [1.165, 1.54) is 0 Å². The fourth-order valence-corrected chi connectivity index (χ4v) is 6.26. The van der Waals surface area contributed by atoms with Crippen LogP contribution in [0.2, 0.25) is 0 Å². The number of benzene rings is 5. The molecule has 5 rings (SSSR count). The SMILES string of the molecule is O=S(=O)(OSc1ccccc1)c1ccc(C(c2ccccc2)(c2ccccc2)c2ccccc2)cc1. The molecule has 0 unspecified atom stereocenters. The van der Waals surface area contributed by atoms with Crippen LogP contribution in [-0.4, -0.2) is 8.42 Å². The molecule has 0 amide bonds. The fraction of sp³-hybridized carbons (Fsp3) is 0.0323. The first kappa shape index (κ1) is 24.1. The van der Waals surface area contributed by atoms with Crippen LogP contribution in [0.5, 0.6) is 0 Å². The van der Waals surface area contributed by atoms with Gasteiger partial charge in [-0.15, -0.1) is 0 Å². The van der Waals surface area contributed by atoms with Crippen LogP contribution in [0.3, 0.4) is 0 Å². The zero-order chi connectivity index (χ0) is 24.8. The molecular formula is C31H24O3S2. The van der Waals surface area contributed by atoms with Crippen molar-refractivity contribution >= 4 is 22.2 Å². The normalized spacial score (nSPS) is 11.8. The summed E-state index contributed by atoms with van der Waals surface area (Å²) in [5.41, 5.74) is 3.60. The van der Waals surface area contributed by atoms with Gasteiger partial charge < -0.3 is 0 Å². The van der Waals surface area contributed by atoms with Crippen molar-refractivity contribution in [1.82, 2.24) is 0 Å². The van der Waals surface area contributed by atoms with Crippen LogP contribution in [0.1, 0.15) is 22.3 Å². The minimum Gasteiger partial charge on any atom is -0.193 e. The second kappa shape index (κ2) is 10.5. The average molecular weight is 509 g/mol. The Morgan fingerprint density at radius 2 is 0.833 bits per heavy atom. The van der Waals surface area contributed by atoms with Gasteiger partial charge in [-0.1, -0.05) is 121 Å². The Labute approximate surface area is 216 Å². The van der Waals surface area contributed by atoms with Crippen molar-refractivity contribution in [2.75, 3.05) is 0 Å². The lowest BCUT2D eigenvalue weighted by Crippen LogP contribution is -2.31. The third kappa shape index (κ3) is 4.73. The van der Waals surface area contributed by atoms with Gasteiger partial charge in [-0.05, 0) is 46.5 Å². The summed E-state index contributed by atoms with van der Waals surface area (Å²) in [6.07, 6.45) is 0. The van der Waals surface area contributed by atoms with Gasteiger partial charge in [0.2, 0.25) is 0 Å². The van der Waals surface area contributed by atoms with Crippen molar-refractivity contribution in [2.45, 2.75) is 15.2 Å². The minimum absolute atomic E-state index is 0.109. The summed E-state index contributed by atoms with van der Waals surface area (Å²) in [6.45, 7) is 0. The van der Waals surface area contributed by atoms with E-state index in [1.807, 2.05) is 84.9 Å². The molecule has 3 nitrogen and oxygen atoms in total. The smallest absolute Gasteiger partial charge is 0.193 e. The first-order chi connectivity index (χ1) is 17.6. The highest BCUT2D eigenvalue weighted by molar-refractivity contribution is 8.04. The van der Waals surface area contributed by atoms with E-state index in [0.717, 1.165) is 34.3 Å². The molecule has 0 spiro atoms. The van der Waals surface area contributed by atoms with Crippen molar-refractivity contribution in [1.29, 1.82) is 0 Å². The van der Waals surface area contributed by atoms with Crippen LogP contribution in [-0.2, 0) is 19.2 Å². The topological polar surface area (TPSA) is 43.4 Å². The molecule has 0 aliphatic carbocycles. The molecule has 0 saturated carbocycles. The highest BCUT2D eigenvalue weighted by atomic mass is 32.3. The second-order valence-corrected chi connectivity index (χ2v) is 10.9. The lowest BCUT2D eigenvalue weighted by molar-refractivity contribution is 0.518. The first-order valence-corrected chi connectivity index (χ1v) is 13.7. The molecule has 0 radical (unpaired) electrons. The maximum atomic E-state index is 12.9. The molecular weight excluding hydrogens is 484 g/mol. The number of rotatable bonds is 8. The number of hydrogen-bond acceptors (Lipinski definition) is 4. The largest absolute Gasteiger partial charge is 0.308 e. The summed E-state index contributed by atoms with van der Waals surface area (Å²) in [6, 6.07) is 47.1. The molecule has 36 heavy (non-hydrogen) atoms. The fourth-order valence-electron chi connectivity index (χ4n) is 4.54. The van der Waals surface area contributed by atoms with E-state index in [1.54, 1.807) is 24.3 Å². The third-order valence-electron chi connectivity index (χ3n) is 6.16. The van der Waals surface area contributed by atoms with Gasteiger partial charge in [-0.25, -0.2) is 0 Å². The average Bonchev–Trinajstić information content (AvgIpc) is 2.95. The summed E-state index contributed by atoms with van der Waals surface area (Å²) in [5, 5.41) is 0. The summed E-state index contributed by atoms with van der Waals surface area (Å²) >= 11 is 0.835. The van der Waals surface area contributed by atoms with E-state index in [4.69, 9.17) is 3.63 Å². The molecule has 0 N–H and O–H groups in total. The Morgan fingerprint density at radius 1 is 0.472 bits per heavy atom. The number of hydrogen-bond donors (Lipinski definition) is 0. The molecule has 0 fully saturated rings. The maximum Gasteiger partial charge on any atom is 0.308 e. The van der Waals surface area contributed by atoms with E-state index >= 15 is 0 Å². The summed E-state index contributed by atoms with van der Waals surface area (Å²) in [5.74, 6) is 0. The molecule has 0 bridgehead atoms. The Morgan fingerprint density at radius 3 is 1.25 bits per heavy atom. The molecule has 5 aromatic rings. The van der Waals surface area contributed by atoms with Crippen molar-refractivity contribution in [3.63, 3.8) is 0 Å². The Kier molecular flexibility index (Phi) is 7.05. The zero-order valence-corrected chi connectivity index (χ0v) is 21.0. The lowest BCUT2D eigenvalue weighted by Gasteiger charge is -2.36. The van der Waals surface area contributed by atoms with Gasteiger partial charge in [-0.2, -0.15) is 12.0 Å². The quantitative estimate of drug-likeness (QED) is 0.161. The molecule has 0 heterocycles. The predicted molar refractivity (Wildman–Crippen MR) is 145 cm³/mol. The Balaban J connectivity index is 1.61. The van der Waals surface area contributed by atoms with Crippen LogP contribution in [0.15, 0.2) is 155 Å². The molecule has 0 aromatic heterocycles. The molecule has 0 saturated heterocycles. The van der Waals surface area contributed by atoms with E-state index in [9.17, 15) is 8.42 Å². The van der Waals surface area contributed by atoms with E-state index in [-0.39, 0.29) is 4.90 Å². The zero-order valence-electron chi connectivity index (χ0n) is 19.4. The summed E-state index contributed by atoms with van der Waals surface area (Å²) in [7, 11) is -3.95. The predicted octanol–water partition coefficient (Wildman–Crippen LogP) is 7.48. The summed E-state index contributed by atoms with van der Waals surface area (Å²) in [4.78, 5) is 0.826. The van der Waals surface area contributed by atoms with Gasteiger partial charge in [-0.3, -0.25) is 0 Å². The standard InChI is InChI=1S/C31H24O3S2/c32-36(33,34-35-29-19-11-4-12-20-29)30-23-21-28(22-24-30)31(25-13-5-1-6-14-25,26-15-7-2-8-16-26)27-17-9-3-10-18-27/h1-24H. The van der Waals surface area contributed by atoms with Gasteiger partial charge in [0, 0.05) is 16.9 Å². The van der Waals surface area contributed by atoms with Gasteiger partial charge in [0.1, 0.15) is 0 Å².